The Hall–Kier alpha value is -2.87. The van der Waals surface area contributed by atoms with Crippen LogP contribution in [0.4, 0.5) is 0 Å². The SMILES string of the molecule is Cc1cc(CN2CCc3nc(-c4cncnc4)[nH]c(=O)c3C2)n(C)n1. The number of hydrogen-bond donors (Lipinski definition) is 1. The van der Waals surface area contributed by atoms with Crippen molar-refractivity contribution >= 4 is 0 Å². The van der Waals surface area contributed by atoms with Crippen molar-refractivity contribution in [2.75, 3.05) is 6.54 Å². The Bertz CT molecular complexity index is 961. The monoisotopic (exact) mass is 337 g/mol. The summed E-state index contributed by atoms with van der Waals surface area (Å²) in [6.07, 6.45) is 5.50. The van der Waals surface area contributed by atoms with Crippen LogP contribution in [0.5, 0.6) is 0 Å². The van der Waals surface area contributed by atoms with Crippen LogP contribution in [-0.4, -0.2) is 41.2 Å². The van der Waals surface area contributed by atoms with Crippen LogP contribution in [0.2, 0.25) is 0 Å². The maximum atomic E-state index is 12.5. The molecular weight excluding hydrogens is 318 g/mol. The van der Waals surface area contributed by atoms with Crippen molar-refractivity contribution in [3.8, 4) is 11.4 Å². The van der Waals surface area contributed by atoms with E-state index in [-0.39, 0.29) is 5.56 Å². The molecule has 8 nitrogen and oxygen atoms in total. The number of aryl methyl sites for hydroxylation is 2. The smallest absolute Gasteiger partial charge is 0.255 e. The van der Waals surface area contributed by atoms with E-state index in [9.17, 15) is 4.79 Å². The molecule has 0 saturated carbocycles. The van der Waals surface area contributed by atoms with Crippen LogP contribution in [0.1, 0.15) is 22.6 Å². The molecule has 0 aliphatic carbocycles. The third-order valence-corrected chi connectivity index (χ3v) is 4.47. The molecule has 0 fully saturated rings. The fraction of sp³-hybridized carbons (Fsp3) is 0.353. The summed E-state index contributed by atoms with van der Waals surface area (Å²) in [6, 6.07) is 2.08. The van der Waals surface area contributed by atoms with E-state index in [2.05, 4.69) is 36.0 Å². The van der Waals surface area contributed by atoms with E-state index in [4.69, 9.17) is 0 Å². The topological polar surface area (TPSA) is 92.6 Å². The van der Waals surface area contributed by atoms with Gasteiger partial charge >= 0.3 is 0 Å². The van der Waals surface area contributed by atoms with Gasteiger partial charge in [0.25, 0.3) is 5.56 Å². The Morgan fingerprint density at radius 2 is 2.08 bits per heavy atom. The molecule has 128 valence electrons. The zero-order valence-corrected chi connectivity index (χ0v) is 14.2. The fourth-order valence-corrected chi connectivity index (χ4v) is 3.22. The molecule has 0 bridgehead atoms. The Labute approximate surface area is 144 Å². The highest BCUT2D eigenvalue weighted by atomic mass is 16.1. The first-order valence-electron chi connectivity index (χ1n) is 8.19. The van der Waals surface area contributed by atoms with Crippen molar-refractivity contribution in [1.29, 1.82) is 0 Å². The van der Waals surface area contributed by atoms with E-state index >= 15 is 0 Å². The molecule has 3 aromatic rings. The highest BCUT2D eigenvalue weighted by Gasteiger charge is 2.22. The average Bonchev–Trinajstić information content (AvgIpc) is 2.93. The minimum absolute atomic E-state index is 0.0882. The van der Waals surface area contributed by atoms with Gasteiger partial charge in [0.05, 0.1) is 28.2 Å². The second-order valence-electron chi connectivity index (χ2n) is 6.33. The van der Waals surface area contributed by atoms with Crippen molar-refractivity contribution in [3.63, 3.8) is 0 Å². The predicted octanol–water partition coefficient (Wildman–Crippen LogP) is 0.827. The van der Waals surface area contributed by atoms with Crippen molar-refractivity contribution in [3.05, 3.63) is 57.8 Å². The molecule has 3 aromatic heterocycles. The first-order valence-corrected chi connectivity index (χ1v) is 8.19. The molecule has 4 rings (SSSR count). The van der Waals surface area contributed by atoms with E-state index in [0.29, 0.717) is 12.4 Å². The highest BCUT2D eigenvalue weighted by molar-refractivity contribution is 5.52. The number of H-pyrrole nitrogens is 1. The summed E-state index contributed by atoms with van der Waals surface area (Å²) in [6.45, 7) is 4.20. The Kier molecular flexibility index (Phi) is 3.89. The molecule has 0 atom stereocenters. The molecule has 0 amide bonds. The lowest BCUT2D eigenvalue weighted by Gasteiger charge is -2.27. The van der Waals surface area contributed by atoms with E-state index in [1.165, 1.54) is 6.33 Å². The van der Waals surface area contributed by atoms with Crippen molar-refractivity contribution in [2.45, 2.75) is 26.4 Å². The van der Waals surface area contributed by atoms with Gasteiger partial charge in [-0.05, 0) is 13.0 Å². The van der Waals surface area contributed by atoms with E-state index in [1.807, 2.05) is 18.7 Å². The van der Waals surface area contributed by atoms with Crippen LogP contribution in [0, 0.1) is 6.92 Å². The van der Waals surface area contributed by atoms with Crippen LogP contribution in [-0.2, 0) is 26.6 Å². The van der Waals surface area contributed by atoms with Crippen LogP contribution >= 0.6 is 0 Å². The lowest BCUT2D eigenvalue weighted by atomic mass is 10.1. The standard InChI is InChI=1S/C17H19N7O/c1-11-5-13(23(2)22-11)8-24-4-3-15-14(9-24)17(25)21-16(20-15)12-6-18-10-19-7-12/h5-7,10H,3-4,8-9H2,1-2H3,(H,20,21,25). The summed E-state index contributed by atoms with van der Waals surface area (Å²) in [5, 5.41) is 4.38. The third-order valence-electron chi connectivity index (χ3n) is 4.47. The van der Waals surface area contributed by atoms with Gasteiger partial charge in [-0.3, -0.25) is 14.4 Å². The third kappa shape index (κ3) is 3.08. The Balaban J connectivity index is 1.59. The molecule has 1 aliphatic heterocycles. The zero-order valence-electron chi connectivity index (χ0n) is 14.2. The Morgan fingerprint density at radius 1 is 1.28 bits per heavy atom. The van der Waals surface area contributed by atoms with Gasteiger partial charge in [-0.25, -0.2) is 15.0 Å². The van der Waals surface area contributed by atoms with E-state index in [0.717, 1.165) is 47.7 Å². The zero-order chi connectivity index (χ0) is 17.4. The number of fused-ring (bicyclic) bond motifs is 1. The van der Waals surface area contributed by atoms with Gasteiger partial charge in [0.2, 0.25) is 0 Å². The van der Waals surface area contributed by atoms with E-state index < -0.39 is 0 Å². The van der Waals surface area contributed by atoms with Gasteiger partial charge in [-0.2, -0.15) is 5.10 Å². The number of hydrogen-bond acceptors (Lipinski definition) is 6. The van der Waals surface area contributed by atoms with Crippen LogP contribution in [0.25, 0.3) is 11.4 Å². The lowest BCUT2D eigenvalue weighted by Crippen LogP contribution is -2.35. The van der Waals surface area contributed by atoms with Gasteiger partial charge < -0.3 is 4.98 Å². The molecule has 8 heteroatoms. The summed E-state index contributed by atoms with van der Waals surface area (Å²) >= 11 is 0. The van der Waals surface area contributed by atoms with Crippen LogP contribution in [0.15, 0.2) is 29.6 Å². The van der Waals surface area contributed by atoms with Gasteiger partial charge in [-0.1, -0.05) is 0 Å². The normalized spacial score (nSPS) is 14.5. The second-order valence-corrected chi connectivity index (χ2v) is 6.33. The van der Waals surface area contributed by atoms with Gasteiger partial charge in [0.1, 0.15) is 12.2 Å². The van der Waals surface area contributed by atoms with Gasteiger partial charge in [-0.15, -0.1) is 0 Å². The number of nitrogens with zero attached hydrogens (tertiary/aromatic N) is 6. The Morgan fingerprint density at radius 3 is 2.80 bits per heavy atom. The summed E-state index contributed by atoms with van der Waals surface area (Å²) < 4.78 is 1.89. The number of aromatic nitrogens is 6. The largest absolute Gasteiger partial charge is 0.306 e. The fourth-order valence-electron chi connectivity index (χ4n) is 3.22. The highest BCUT2D eigenvalue weighted by Crippen LogP contribution is 2.19. The minimum atomic E-state index is -0.0882. The molecule has 1 aliphatic rings. The molecule has 4 heterocycles. The molecule has 1 N–H and O–H groups in total. The second kappa shape index (κ2) is 6.21. The molecule has 0 radical (unpaired) electrons. The first kappa shape index (κ1) is 15.6. The summed E-state index contributed by atoms with van der Waals surface area (Å²) in [5.41, 5.74) is 4.38. The summed E-state index contributed by atoms with van der Waals surface area (Å²) in [5.74, 6) is 0.528. The summed E-state index contributed by atoms with van der Waals surface area (Å²) in [7, 11) is 1.95. The first-order chi connectivity index (χ1) is 12.1. The van der Waals surface area contributed by atoms with Gasteiger partial charge in [0.15, 0.2) is 0 Å². The maximum absolute atomic E-state index is 12.5. The maximum Gasteiger partial charge on any atom is 0.255 e. The summed E-state index contributed by atoms with van der Waals surface area (Å²) in [4.78, 5) is 30.3. The molecule has 0 unspecified atom stereocenters. The molecule has 0 saturated heterocycles. The molecule has 0 spiro atoms. The van der Waals surface area contributed by atoms with Crippen LogP contribution < -0.4 is 5.56 Å². The predicted molar refractivity (Wildman–Crippen MR) is 91.6 cm³/mol. The van der Waals surface area contributed by atoms with Crippen molar-refractivity contribution in [1.82, 2.24) is 34.6 Å². The van der Waals surface area contributed by atoms with Crippen molar-refractivity contribution in [2.24, 2.45) is 7.05 Å². The molecular formula is C17H19N7O. The van der Waals surface area contributed by atoms with E-state index in [1.54, 1.807) is 12.4 Å². The number of aromatic amines is 1. The minimum Gasteiger partial charge on any atom is -0.306 e. The average molecular weight is 337 g/mol. The lowest BCUT2D eigenvalue weighted by molar-refractivity contribution is 0.235. The molecule has 0 aromatic carbocycles. The van der Waals surface area contributed by atoms with Gasteiger partial charge in [0, 0.05) is 45.5 Å². The quantitative estimate of drug-likeness (QED) is 0.761. The number of nitrogens with one attached hydrogen (secondary N) is 1. The molecule has 25 heavy (non-hydrogen) atoms. The number of rotatable bonds is 3. The van der Waals surface area contributed by atoms with Crippen LogP contribution in [0.3, 0.4) is 0 Å². The van der Waals surface area contributed by atoms with Crippen molar-refractivity contribution < 1.29 is 0 Å².